The van der Waals surface area contributed by atoms with Gasteiger partial charge in [0.1, 0.15) is 11.5 Å². The number of rotatable bonds is 6. The highest BCUT2D eigenvalue weighted by Gasteiger charge is 2.18. The zero-order valence-electron chi connectivity index (χ0n) is 17.6. The summed E-state index contributed by atoms with van der Waals surface area (Å²) in [6.07, 6.45) is 0. The van der Waals surface area contributed by atoms with E-state index in [9.17, 15) is 23.4 Å². The van der Waals surface area contributed by atoms with Gasteiger partial charge in [-0.25, -0.2) is 13.2 Å². The molecule has 4 rings (SSSR count). The first kappa shape index (κ1) is 24.3. The number of nitrogens with zero attached hydrogens (tertiary/aromatic N) is 3. The number of benzene rings is 3. The van der Waals surface area contributed by atoms with E-state index in [1.54, 1.807) is 28.8 Å². The number of nitrogens with one attached hydrogen (secondary N) is 3. The molecule has 0 saturated heterocycles. The summed E-state index contributed by atoms with van der Waals surface area (Å²) in [6, 6.07) is 15.1. The quantitative estimate of drug-likeness (QED) is 0.114. The van der Waals surface area contributed by atoms with E-state index < -0.39 is 16.1 Å². The molecule has 5 N–H and O–H groups in total. The van der Waals surface area contributed by atoms with Crippen LogP contribution in [0.1, 0.15) is 0 Å². The zero-order chi connectivity index (χ0) is 25.2. The lowest BCUT2D eigenvalue weighted by molar-refractivity contribution is 0.262. The van der Waals surface area contributed by atoms with Crippen LogP contribution in [0.5, 0.6) is 11.5 Å². The minimum Gasteiger partial charge on any atom is -0.508 e. The number of phenolic OH excluding ortho intramolecular Hbond substituents is 2. The smallest absolute Gasteiger partial charge is 0.323 e. The van der Waals surface area contributed by atoms with Crippen molar-refractivity contribution in [3.05, 3.63) is 66.7 Å². The highest BCUT2D eigenvalue weighted by molar-refractivity contribution is 7.92. The Hall–Kier alpha value is -3.88. The van der Waals surface area contributed by atoms with Crippen molar-refractivity contribution >= 4 is 58.4 Å². The second-order valence-corrected chi connectivity index (χ2v) is 9.58. The highest BCUT2D eigenvalue weighted by Crippen LogP contribution is 2.30. The number of carbonyl (C=O) groups is 1. The van der Waals surface area contributed by atoms with Gasteiger partial charge in [0.25, 0.3) is 10.0 Å². The van der Waals surface area contributed by atoms with E-state index in [0.717, 1.165) is 12.1 Å². The van der Waals surface area contributed by atoms with Gasteiger partial charge in [-0.1, -0.05) is 12.1 Å². The predicted octanol–water partition coefficient (Wildman–Crippen LogP) is 3.70. The van der Waals surface area contributed by atoms with Crippen LogP contribution in [-0.4, -0.2) is 39.4 Å². The Morgan fingerprint density at radius 2 is 1.49 bits per heavy atom. The average molecular weight is 531 g/mol. The molecular weight excluding hydrogens is 512 g/mol. The van der Waals surface area contributed by atoms with Gasteiger partial charge in [-0.2, -0.15) is 0 Å². The van der Waals surface area contributed by atoms with Gasteiger partial charge in [-0.15, -0.1) is 35.5 Å². The van der Waals surface area contributed by atoms with Gasteiger partial charge in [-0.05, 0) is 48.5 Å². The van der Waals surface area contributed by atoms with Crippen LogP contribution in [0.15, 0.2) is 81.9 Å². The first-order valence-corrected chi connectivity index (χ1v) is 12.2. The minimum atomic E-state index is -4.13. The Bertz CT molecular complexity index is 1500. The molecule has 14 heteroatoms. The molecule has 0 spiro atoms. The zero-order valence-corrected chi connectivity index (χ0v) is 20.2. The monoisotopic (exact) mass is 530 g/mol. The van der Waals surface area contributed by atoms with Gasteiger partial charge < -0.3 is 20.8 Å². The summed E-state index contributed by atoms with van der Waals surface area (Å²) in [5, 5.41) is 32.9. The van der Waals surface area contributed by atoms with E-state index in [4.69, 9.17) is 0 Å². The van der Waals surface area contributed by atoms with Crippen molar-refractivity contribution in [3.8, 4) is 17.2 Å². The maximum absolute atomic E-state index is 12.7. The topological polar surface area (TPSA) is 158 Å². The molecule has 1 aromatic heterocycles. The fourth-order valence-electron chi connectivity index (χ4n) is 3.07. The molecule has 0 bridgehead atoms. The molecule has 0 radical (unpaired) electrons. The van der Waals surface area contributed by atoms with Crippen LogP contribution in [0, 0.1) is 0 Å². The van der Waals surface area contributed by atoms with Crippen molar-refractivity contribution in [1.29, 1.82) is 0 Å². The molecule has 1 heterocycles. The third-order valence-electron chi connectivity index (χ3n) is 4.62. The van der Waals surface area contributed by atoms with Crippen LogP contribution in [0.25, 0.3) is 5.69 Å². The molecule has 4 aromatic rings. The second-order valence-electron chi connectivity index (χ2n) is 7.10. The first-order chi connectivity index (χ1) is 16.6. The lowest BCUT2D eigenvalue weighted by Gasteiger charge is -2.12. The number of amides is 2. The summed E-state index contributed by atoms with van der Waals surface area (Å²) >= 11 is 8.47. The highest BCUT2D eigenvalue weighted by atomic mass is 32.2. The minimum absolute atomic E-state index is 0.171. The van der Waals surface area contributed by atoms with E-state index >= 15 is 0 Å². The number of thiol groups is 2. The summed E-state index contributed by atoms with van der Waals surface area (Å²) in [7, 11) is -4.13. The molecule has 3 aromatic carbocycles. The molecule has 0 fully saturated rings. The normalized spacial score (nSPS) is 11.1. The molecular formula is C21H18N6O5S3. The SMILES string of the molecule is O=C(Nc1cccc(-n2c(S)nnc2S)c1)Nc1cccc(S(=O)(=O)Nc2cc(O)ccc2O)c1. The number of hydrogen-bond acceptors (Lipinski definition) is 9. The van der Waals surface area contributed by atoms with Crippen molar-refractivity contribution < 1.29 is 23.4 Å². The summed E-state index contributed by atoms with van der Waals surface area (Å²) in [5.74, 6) is -0.582. The van der Waals surface area contributed by atoms with E-state index in [-0.39, 0.29) is 27.8 Å². The molecule has 0 aliphatic rings. The molecule has 0 atom stereocenters. The fraction of sp³-hybridized carbons (Fsp3) is 0. The summed E-state index contributed by atoms with van der Waals surface area (Å²) in [4.78, 5) is 12.4. The number of urea groups is 1. The second kappa shape index (κ2) is 9.77. The maximum Gasteiger partial charge on any atom is 0.323 e. The van der Waals surface area contributed by atoms with Crippen LogP contribution in [-0.2, 0) is 10.0 Å². The third kappa shape index (κ3) is 5.62. The van der Waals surface area contributed by atoms with Gasteiger partial charge in [0.15, 0.2) is 10.3 Å². The van der Waals surface area contributed by atoms with Gasteiger partial charge >= 0.3 is 6.03 Å². The molecule has 0 saturated carbocycles. The molecule has 11 nitrogen and oxygen atoms in total. The lowest BCUT2D eigenvalue weighted by atomic mass is 10.2. The van der Waals surface area contributed by atoms with Crippen LogP contribution in [0.4, 0.5) is 21.9 Å². The molecule has 0 aliphatic heterocycles. The number of aromatic hydroxyl groups is 2. The van der Waals surface area contributed by atoms with Crippen LogP contribution < -0.4 is 15.4 Å². The Balaban J connectivity index is 1.49. The van der Waals surface area contributed by atoms with Crippen molar-refractivity contribution in [2.45, 2.75) is 15.2 Å². The van der Waals surface area contributed by atoms with E-state index in [0.29, 0.717) is 21.7 Å². The number of carbonyl (C=O) groups excluding carboxylic acids is 1. The Labute approximate surface area is 210 Å². The predicted molar refractivity (Wildman–Crippen MR) is 136 cm³/mol. The summed E-state index contributed by atoms with van der Waals surface area (Å²) < 4.78 is 29.3. The van der Waals surface area contributed by atoms with Crippen LogP contribution >= 0.6 is 25.3 Å². The van der Waals surface area contributed by atoms with Gasteiger partial charge in [-0.3, -0.25) is 9.29 Å². The van der Waals surface area contributed by atoms with Crippen LogP contribution in [0.2, 0.25) is 0 Å². The summed E-state index contributed by atoms with van der Waals surface area (Å²) in [5.41, 5.74) is 1.08. The average Bonchev–Trinajstić information content (AvgIpc) is 3.14. The van der Waals surface area contributed by atoms with Crippen molar-refractivity contribution in [3.63, 3.8) is 0 Å². The Kier molecular flexibility index (Phi) is 6.77. The molecule has 180 valence electrons. The standard InChI is InChI=1S/C21H18N6O5S3/c28-15-7-8-18(29)17(11-15)26-35(31,32)16-6-2-4-13(10-16)23-19(30)22-12-3-1-5-14(9-12)27-20(33)24-25-21(27)34/h1-11,26,28-29H,(H,24,33)(H,25,34)(H2,22,23,30). The number of anilines is 3. The van der Waals surface area contributed by atoms with E-state index in [1.165, 1.54) is 30.3 Å². The summed E-state index contributed by atoms with van der Waals surface area (Å²) in [6.45, 7) is 0. The van der Waals surface area contributed by atoms with E-state index in [1.807, 2.05) is 0 Å². The first-order valence-electron chi connectivity index (χ1n) is 9.79. The Morgan fingerprint density at radius 1 is 0.857 bits per heavy atom. The van der Waals surface area contributed by atoms with E-state index in [2.05, 4.69) is 50.8 Å². The molecule has 0 aliphatic carbocycles. The number of hydrogen-bond donors (Lipinski definition) is 7. The number of sulfonamides is 1. The number of aromatic nitrogens is 3. The van der Waals surface area contributed by atoms with Crippen molar-refractivity contribution in [1.82, 2.24) is 14.8 Å². The maximum atomic E-state index is 12.7. The fourth-order valence-corrected chi connectivity index (χ4v) is 4.77. The molecule has 2 amide bonds. The van der Waals surface area contributed by atoms with Crippen molar-refractivity contribution in [2.24, 2.45) is 0 Å². The third-order valence-corrected chi connectivity index (χ3v) is 6.56. The Morgan fingerprint density at radius 3 is 2.17 bits per heavy atom. The van der Waals surface area contributed by atoms with Crippen LogP contribution in [0.3, 0.4) is 0 Å². The van der Waals surface area contributed by atoms with Crippen molar-refractivity contribution in [2.75, 3.05) is 15.4 Å². The largest absolute Gasteiger partial charge is 0.508 e. The van der Waals surface area contributed by atoms with Gasteiger partial charge in [0.05, 0.1) is 16.3 Å². The lowest BCUT2D eigenvalue weighted by Crippen LogP contribution is -2.20. The number of phenols is 2. The van der Waals surface area contributed by atoms with Gasteiger partial charge in [0.2, 0.25) is 0 Å². The molecule has 0 unspecified atom stereocenters. The van der Waals surface area contributed by atoms with Gasteiger partial charge in [0, 0.05) is 17.4 Å². The molecule has 35 heavy (non-hydrogen) atoms.